The van der Waals surface area contributed by atoms with E-state index >= 15 is 0 Å². The highest BCUT2D eigenvalue weighted by Crippen LogP contribution is 2.12. The summed E-state index contributed by atoms with van der Waals surface area (Å²) in [7, 11) is -3.01. The number of nitrogens with one attached hydrogen (secondary N) is 3. The molecule has 1 saturated heterocycles. The van der Waals surface area contributed by atoms with Crippen LogP contribution in [0, 0.1) is 0 Å². The van der Waals surface area contributed by atoms with Gasteiger partial charge in [-0.05, 0) is 18.6 Å². The van der Waals surface area contributed by atoms with Gasteiger partial charge in [-0.3, -0.25) is 9.59 Å². The number of para-hydroxylation sites is 2. The summed E-state index contributed by atoms with van der Waals surface area (Å²) < 4.78 is 22.7. The number of amides is 2. The molecule has 1 aliphatic rings. The highest BCUT2D eigenvalue weighted by molar-refractivity contribution is 7.91. The molecule has 1 fully saturated rings. The Labute approximate surface area is 151 Å². The Balaban J connectivity index is 1.34. The molecule has 2 amide bonds. The topological polar surface area (TPSA) is 121 Å². The van der Waals surface area contributed by atoms with Crippen LogP contribution in [0.1, 0.15) is 25.1 Å². The summed E-state index contributed by atoms with van der Waals surface area (Å²) in [5.74, 6) is 0.479. The molecular weight excluding hydrogens is 356 g/mol. The second-order valence-corrected chi connectivity index (χ2v) is 8.70. The van der Waals surface area contributed by atoms with Crippen molar-refractivity contribution in [2.75, 3.05) is 18.1 Å². The molecule has 1 atom stereocenters. The number of rotatable bonds is 7. The summed E-state index contributed by atoms with van der Waals surface area (Å²) in [5.41, 5.74) is 1.81. The highest BCUT2D eigenvalue weighted by Gasteiger charge is 2.28. The molecule has 9 heteroatoms. The lowest BCUT2D eigenvalue weighted by atomic mass is 10.2. The van der Waals surface area contributed by atoms with E-state index in [1.54, 1.807) is 0 Å². The maximum Gasteiger partial charge on any atom is 0.222 e. The van der Waals surface area contributed by atoms with E-state index in [0.717, 1.165) is 16.9 Å². The summed E-state index contributed by atoms with van der Waals surface area (Å²) >= 11 is 0. The quantitative estimate of drug-likeness (QED) is 0.640. The molecule has 1 aliphatic heterocycles. The average Bonchev–Trinajstić information content (AvgIpc) is 3.15. The first-order valence-electron chi connectivity index (χ1n) is 8.61. The average molecular weight is 378 g/mol. The van der Waals surface area contributed by atoms with Crippen LogP contribution in [-0.4, -0.2) is 54.3 Å². The van der Waals surface area contributed by atoms with Crippen LogP contribution in [-0.2, 0) is 25.8 Å². The van der Waals surface area contributed by atoms with E-state index in [9.17, 15) is 18.0 Å². The van der Waals surface area contributed by atoms with Gasteiger partial charge in [0.15, 0.2) is 9.84 Å². The lowest BCUT2D eigenvalue weighted by molar-refractivity contribution is -0.122. The third-order valence-electron chi connectivity index (χ3n) is 4.30. The maximum absolute atomic E-state index is 11.9. The zero-order valence-electron chi connectivity index (χ0n) is 14.3. The SMILES string of the molecule is O=C(CCc1nc2ccccc2[nH]1)NCCC(=O)NC1CCS(=O)(=O)C1. The third kappa shape index (κ3) is 5.04. The van der Waals surface area contributed by atoms with Crippen LogP contribution in [0.3, 0.4) is 0 Å². The van der Waals surface area contributed by atoms with E-state index in [4.69, 9.17) is 0 Å². The first-order valence-corrected chi connectivity index (χ1v) is 10.4. The molecule has 0 radical (unpaired) electrons. The fraction of sp³-hybridized carbons (Fsp3) is 0.471. The summed E-state index contributed by atoms with van der Waals surface area (Å²) in [5, 5.41) is 5.40. The Bertz CT molecular complexity index is 873. The number of H-pyrrole nitrogens is 1. The zero-order chi connectivity index (χ0) is 18.6. The lowest BCUT2D eigenvalue weighted by Crippen LogP contribution is -2.37. The number of aromatic amines is 1. The second kappa shape index (κ2) is 7.86. The van der Waals surface area contributed by atoms with Crippen LogP contribution < -0.4 is 10.6 Å². The second-order valence-electron chi connectivity index (χ2n) is 6.47. The van der Waals surface area contributed by atoms with Crippen LogP contribution in [0.15, 0.2) is 24.3 Å². The van der Waals surface area contributed by atoms with E-state index in [1.165, 1.54) is 0 Å². The summed E-state index contributed by atoms with van der Waals surface area (Å²) in [6.45, 7) is 0.226. The van der Waals surface area contributed by atoms with E-state index in [0.29, 0.717) is 12.8 Å². The molecule has 1 unspecified atom stereocenters. The molecule has 3 rings (SSSR count). The molecule has 140 valence electrons. The third-order valence-corrected chi connectivity index (χ3v) is 6.07. The number of aromatic nitrogens is 2. The van der Waals surface area contributed by atoms with E-state index in [1.807, 2.05) is 24.3 Å². The van der Waals surface area contributed by atoms with Gasteiger partial charge in [0.1, 0.15) is 5.82 Å². The number of nitrogens with zero attached hydrogens (tertiary/aromatic N) is 1. The molecule has 0 spiro atoms. The minimum absolute atomic E-state index is 0.00258. The monoisotopic (exact) mass is 378 g/mol. The van der Waals surface area contributed by atoms with Gasteiger partial charge in [0.2, 0.25) is 11.8 Å². The molecule has 0 bridgehead atoms. The molecule has 0 aliphatic carbocycles. The zero-order valence-corrected chi connectivity index (χ0v) is 15.1. The summed E-state index contributed by atoms with van der Waals surface area (Å²) in [6, 6.07) is 7.36. The van der Waals surface area contributed by atoms with Crippen molar-refractivity contribution in [3.8, 4) is 0 Å². The fourth-order valence-electron chi connectivity index (χ4n) is 2.97. The van der Waals surface area contributed by atoms with Gasteiger partial charge in [0, 0.05) is 31.8 Å². The van der Waals surface area contributed by atoms with Crippen LogP contribution in [0.25, 0.3) is 11.0 Å². The number of hydrogen-bond donors (Lipinski definition) is 3. The Morgan fingerprint density at radius 2 is 2.00 bits per heavy atom. The van der Waals surface area contributed by atoms with E-state index in [-0.39, 0.29) is 48.7 Å². The van der Waals surface area contributed by atoms with E-state index in [2.05, 4.69) is 20.6 Å². The molecule has 3 N–H and O–H groups in total. The van der Waals surface area contributed by atoms with Gasteiger partial charge in [-0.25, -0.2) is 13.4 Å². The van der Waals surface area contributed by atoms with Crippen LogP contribution in [0.4, 0.5) is 0 Å². The smallest absolute Gasteiger partial charge is 0.222 e. The summed E-state index contributed by atoms with van der Waals surface area (Å²) in [4.78, 5) is 31.3. The van der Waals surface area contributed by atoms with Gasteiger partial charge < -0.3 is 15.6 Å². The van der Waals surface area contributed by atoms with E-state index < -0.39 is 9.84 Å². The van der Waals surface area contributed by atoms with Gasteiger partial charge in [-0.1, -0.05) is 12.1 Å². The minimum Gasteiger partial charge on any atom is -0.356 e. The Hall–Kier alpha value is -2.42. The van der Waals surface area contributed by atoms with Gasteiger partial charge in [0.25, 0.3) is 0 Å². The number of benzene rings is 1. The molecule has 2 aromatic rings. The number of sulfone groups is 1. The largest absolute Gasteiger partial charge is 0.356 e. The maximum atomic E-state index is 11.9. The van der Waals surface area contributed by atoms with Crippen molar-refractivity contribution in [2.45, 2.75) is 31.7 Å². The first kappa shape index (κ1) is 18.4. The number of carbonyl (C=O) groups is 2. The van der Waals surface area contributed by atoms with Crippen molar-refractivity contribution in [2.24, 2.45) is 0 Å². The highest BCUT2D eigenvalue weighted by atomic mass is 32.2. The van der Waals surface area contributed by atoms with Gasteiger partial charge in [0.05, 0.1) is 22.5 Å². The molecule has 26 heavy (non-hydrogen) atoms. The van der Waals surface area contributed by atoms with Crippen molar-refractivity contribution < 1.29 is 18.0 Å². The van der Waals surface area contributed by atoms with Crippen molar-refractivity contribution >= 4 is 32.7 Å². The molecule has 2 heterocycles. The Morgan fingerprint density at radius 3 is 2.73 bits per heavy atom. The number of aryl methyl sites for hydroxylation is 1. The fourth-order valence-corrected chi connectivity index (χ4v) is 4.64. The van der Waals surface area contributed by atoms with Gasteiger partial charge in [-0.15, -0.1) is 0 Å². The molecule has 8 nitrogen and oxygen atoms in total. The molecular formula is C17H22N4O4S. The Morgan fingerprint density at radius 1 is 1.19 bits per heavy atom. The normalized spacial score (nSPS) is 18.7. The van der Waals surface area contributed by atoms with Crippen LogP contribution >= 0.6 is 0 Å². The minimum atomic E-state index is -3.01. The van der Waals surface area contributed by atoms with Crippen molar-refractivity contribution in [1.82, 2.24) is 20.6 Å². The predicted octanol–water partition coefficient (Wildman–Crippen LogP) is 0.305. The number of hydrogen-bond acceptors (Lipinski definition) is 5. The number of imidazole rings is 1. The number of carbonyl (C=O) groups excluding carboxylic acids is 2. The van der Waals surface area contributed by atoms with Crippen molar-refractivity contribution in [3.05, 3.63) is 30.1 Å². The van der Waals surface area contributed by atoms with Crippen molar-refractivity contribution in [1.29, 1.82) is 0 Å². The molecule has 1 aromatic heterocycles. The van der Waals surface area contributed by atoms with Crippen LogP contribution in [0.2, 0.25) is 0 Å². The van der Waals surface area contributed by atoms with Crippen LogP contribution in [0.5, 0.6) is 0 Å². The lowest BCUT2D eigenvalue weighted by Gasteiger charge is -2.11. The number of fused-ring (bicyclic) bond motifs is 1. The standard InChI is InChI=1S/C17H22N4O4S/c22-16(6-5-15-20-13-3-1-2-4-14(13)21-15)18-9-7-17(23)19-12-8-10-26(24,25)11-12/h1-4,12H,5-11H2,(H,18,22)(H,19,23)(H,20,21). The summed E-state index contributed by atoms with van der Waals surface area (Å²) in [6.07, 6.45) is 1.36. The van der Waals surface area contributed by atoms with Gasteiger partial charge in [-0.2, -0.15) is 0 Å². The predicted molar refractivity (Wildman–Crippen MR) is 97.2 cm³/mol. The first-order chi connectivity index (χ1) is 12.4. The Kier molecular flexibility index (Phi) is 5.55. The van der Waals surface area contributed by atoms with Crippen molar-refractivity contribution in [3.63, 3.8) is 0 Å². The van der Waals surface area contributed by atoms with Gasteiger partial charge >= 0.3 is 0 Å². The molecule has 1 aromatic carbocycles. The molecule has 0 saturated carbocycles.